The lowest BCUT2D eigenvalue weighted by Crippen LogP contribution is -2.45. The third kappa shape index (κ3) is 3.63. The van der Waals surface area contributed by atoms with E-state index < -0.39 is 0 Å². The summed E-state index contributed by atoms with van der Waals surface area (Å²) in [6.45, 7) is 5.27. The van der Waals surface area contributed by atoms with E-state index >= 15 is 0 Å². The van der Waals surface area contributed by atoms with E-state index in [1.54, 1.807) is 0 Å². The summed E-state index contributed by atoms with van der Waals surface area (Å²) >= 11 is 0. The monoisotopic (exact) mass is 292 g/mol. The molecule has 0 radical (unpaired) electrons. The minimum absolute atomic E-state index is 0.0955. The summed E-state index contributed by atoms with van der Waals surface area (Å²) in [7, 11) is 0. The number of rotatable bonds is 9. The van der Waals surface area contributed by atoms with Crippen LogP contribution in [0.1, 0.15) is 84.5 Å². The molecule has 0 bridgehead atoms. The first kappa shape index (κ1) is 16.8. The molecule has 2 aliphatic rings. The van der Waals surface area contributed by atoms with E-state index in [-0.39, 0.29) is 17.3 Å². The molecule has 1 aliphatic carbocycles. The van der Waals surface area contributed by atoms with E-state index in [1.807, 2.05) is 0 Å². The van der Waals surface area contributed by atoms with Gasteiger partial charge in [0.05, 0.1) is 12.7 Å². The predicted octanol–water partition coefficient (Wildman–Crippen LogP) is 5.06. The highest BCUT2D eigenvalue weighted by Gasteiger charge is 2.60. The fourth-order valence-corrected chi connectivity index (χ4v) is 4.21. The second kappa shape index (κ2) is 7.65. The second-order valence-electron chi connectivity index (χ2n) is 7.00. The van der Waals surface area contributed by atoms with Crippen LogP contribution in [0.2, 0.25) is 0 Å². The minimum Gasteiger partial charge on any atom is -0.349 e. The highest BCUT2D eigenvalue weighted by molar-refractivity contribution is 5.09. The van der Waals surface area contributed by atoms with Crippen LogP contribution in [0.3, 0.4) is 0 Å². The second-order valence-corrected chi connectivity index (χ2v) is 7.00. The normalized spacial score (nSPS) is 32.8. The van der Waals surface area contributed by atoms with E-state index in [0.717, 1.165) is 32.3 Å². The number of hydrogen-bond acceptors (Lipinski definition) is 2. The van der Waals surface area contributed by atoms with Crippen molar-refractivity contribution in [1.82, 2.24) is 0 Å². The lowest BCUT2D eigenvalue weighted by atomic mass is 9.77. The Labute approximate surface area is 131 Å². The minimum atomic E-state index is -0.373. The zero-order chi connectivity index (χ0) is 15.2. The Morgan fingerprint density at radius 2 is 2.00 bits per heavy atom. The number of fused-ring (bicyclic) bond motifs is 1. The number of unbranched alkanes of at least 4 members (excludes halogenated alkanes) is 4. The number of hydrogen-bond donors (Lipinski definition) is 0. The van der Waals surface area contributed by atoms with E-state index in [2.05, 4.69) is 19.8 Å². The Hall–Kier alpha value is -0.520. The molecule has 21 heavy (non-hydrogen) atoms. The van der Waals surface area contributed by atoms with Crippen LogP contribution in [0, 0.1) is 17.8 Å². The molecule has 0 spiro atoms. The number of ether oxygens (including phenoxy) is 2. The summed E-state index contributed by atoms with van der Waals surface area (Å²) in [5, 5.41) is 0. The summed E-state index contributed by atoms with van der Waals surface area (Å²) in [6.07, 6.45) is 18.9. The molecular weight excluding hydrogens is 260 g/mol. The first-order chi connectivity index (χ1) is 10.2. The Morgan fingerprint density at radius 1 is 1.19 bits per heavy atom. The molecule has 2 rings (SSSR count). The summed E-state index contributed by atoms with van der Waals surface area (Å²) in [6, 6.07) is 0. The van der Waals surface area contributed by atoms with Crippen molar-refractivity contribution in [1.29, 1.82) is 0 Å². The van der Waals surface area contributed by atoms with Gasteiger partial charge in [0.25, 0.3) is 0 Å². The number of terminal acetylenes is 1. The molecule has 1 saturated carbocycles. The van der Waals surface area contributed by atoms with Gasteiger partial charge in [0, 0.05) is 18.3 Å². The average molecular weight is 292 g/mol. The van der Waals surface area contributed by atoms with Crippen LogP contribution in [-0.4, -0.2) is 18.5 Å². The molecule has 1 saturated heterocycles. The highest BCUT2D eigenvalue weighted by Crippen LogP contribution is 2.58. The van der Waals surface area contributed by atoms with Crippen molar-refractivity contribution in [2.75, 3.05) is 6.61 Å². The molecule has 0 N–H and O–H groups in total. The predicted molar refractivity (Wildman–Crippen MR) is 87.0 cm³/mol. The topological polar surface area (TPSA) is 18.5 Å². The van der Waals surface area contributed by atoms with Crippen LogP contribution < -0.4 is 0 Å². The van der Waals surface area contributed by atoms with Crippen molar-refractivity contribution >= 4 is 0 Å². The third-order valence-electron chi connectivity index (χ3n) is 5.43. The summed E-state index contributed by atoms with van der Waals surface area (Å²) in [4.78, 5) is 0. The van der Waals surface area contributed by atoms with Gasteiger partial charge in [-0.05, 0) is 32.6 Å². The maximum absolute atomic E-state index is 6.47. The zero-order valence-corrected chi connectivity index (χ0v) is 14.0. The van der Waals surface area contributed by atoms with Crippen molar-refractivity contribution in [2.24, 2.45) is 5.41 Å². The summed E-state index contributed by atoms with van der Waals surface area (Å²) in [5.41, 5.74) is 0.0955. The van der Waals surface area contributed by atoms with Crippen LogP contribution >= 0.6 is 0 Å². The third-order valence-corrected chi connectivity index (χ3v) is 5.43. The standard InChI is InChI=1S/C19H32O2/c1-4-6-7-8-9-11-17(3)21-19-14-10-13-18(19,12-5-2)15-16-20-19/h2,17H,4,6-16H2,1,3H3. The fraction of sp³-hybridized carbons (Fsp3) is 0.895. The Balaban J connectivity index is 1.84. The van der Waals surface area contributed by atoms with Crippen molar-refractivity contribution in [3.63, 3.8) is 0 Å². The van der Waals surface area contributed by atoms with Gasteiger partial charge in [-0.1, -0.05) is 39.0 Å². The lowest BCUT2D eigenvalue weighted by molar-refractivity contribution is -0.266. The van der Waals surface area contributed by atoms with Gasteiger partial charge in [0.15, 0.2) is 5.79 Å². The van der Waals surface area contributed by atoms with Gasteiger partial charge in [0.1, 0.15) is 0 Å². The molecule has 0 amide bonds. The molecule has 0 aromatic heterocycles. The van der Waals surface area contributed by atoms with Crippen molar-refractivity contribution < 1.29 is 9.47 Å². The van der Waals surface area contributed by atoms with Gasteiger partial charge in [-0.25, -0.2) is 0 Å². The smallest absolute Gasteiger partial charge is 0.175 e. The Bertz CT molecular complexity index is 345. The zero-order valence-electron chi connectivity index (χ0n) is 14.0. The van der Waals surface area contributed by atoms with Crippen molar-refractivity contribution in [3.8, 4) is 12.3 Å². The summed E-state index contributed by atoms with van der Waals surface area (Å²) < 4.78 is 12.6. The first-order valence-corrected chi connectivity index (χ1v) is 8.93. The van der Waals surface area contributed by atoms with Crippen LogP contribution in [0.15, 0.2) is 0 Å². The largest absolute Gasteiger partial charge is 0.349 e. The van der Waals surface area contributed by atoms with E-state index in [4.69, 9.17) is 15.9 Å². The molecule has 3 atom stereocenters. The highest BCUT2D eigenvalue weighted by atomic mass is 16.7. The van der Waals surface area contributed by atoms with Gasteiger partial charge < -0.3 is 9.47 Å². The van der Waals surface area contributed by atoms with E-state index in [1.165, 1.54) is 44.9 Å². The van der Waals surface area contributed by atoms with E-state index in [0.29, 0.717) is 0 Å². The van der Waals surface area contributed by atoms with Crippen LogP contribution in [0.25, 0.3) is 0 Å². The molecule has 0 aromatic carbocycles. The van der Waals surface area contributed by atoms with Gasteiger partial charge in [-0.2, -0.15) is 0 Å². The van der Waals surface area contributed by atoms with Gasteiger partial charge in [-0.3, -0.25) is 0 Å². The molecule has 2 fully saturated rings. The SMILES string of the molecule is C#CCC12CCCC1(OC(C)CCCCCCC)OCC2. The molecule has 2 heteroatoms. The maximum Gasteiger partial charge on any atom is 0.175 e. The first-order valence-electron chi connectivity index (χ1n) is 8.93. The molecule has 120 valence electrons. The quantitative estimate of drug-likeness (QED) is 0.437. The Kier molecular flexibility index (Phi) is 6.14. The van der Waals surface area contributed by atoms with Crippen LogP contribution in [-0.2, 0) is 9.47 Å². The van der Waals surface area contributed by atoms with Crippen LogP contribution in [0.4, 0.5) is 0 Å². The average Bonchev–Trinajstić information content (AvgIpc) is 2.93. The molecule has 0 aromatic rings. The van der Waals surface area contributed by atoms with Crippen LogP contribution in [0.5, 0.6) is 0 Å². The fourth-order valence-electron chi connectivity index (χ4n) is 4.21. The Morgan fingerprint density at radius 3 is 2.76 bits per heavy atom. The van der Waals surface area contributed by atoms with Gasteiger partial charge in [0.2, 0.25) is 0 Å². The lowest BCUT2D eigenvalue weighted by Gasteiger charge is -2.39. The van der Waals surface area contributed by atoms with Gasteiger partial charge in [-0.15, -0.1) is 12.3 Å². The molecule has 3 unspecified atom stereocenters. The van der Waals surface area contributed by atoms with Crippen molar-refractivity contribution in [3.05, 3.63) is 0 Å². The molecule has 1 heterocycles. The molecule has 2 nitrogen and oxygen atoms in total. The van der Waals surface area contributed by atoms with Crippen molar-refractivity contribution in [2.45, 2.75) is 96.4 Å². The molecular formula is C19H32O2. The maximum atomic E-state index is 6.47. The molecule has 1 aliphatic heterocycles. The van der Waals surface area contributed by atoms with E-state index in [9.17, 15) is 0 Å². The summed E-state index contributed by atoms with van der Waals surface area (Å²) in [5.74, 6) is 2.50. The van der Waals surface area contributed by atoms with Gasteiger partial charge >= 0.3 is 0 Å².